The van der Waals surface area contributed by atoms with Gasteiger partial charge in [0.25, 0.3) is 0 Å². The maximum atomic E-state index is 12.1. The van der Waals surface area contributed by atoms with Gasteiger partial charge in [-0.2, -0.15) is 5.10 Å². The molecule has 0 bridgehead atoms. The topological polar surface area (TPSA) is 50.2 Å². The minimum atomic E-state index is 0.0800. The lowest BCUT2D eigenvalue weighted by molar-refractivity contribution is -0.123. The highest BCUT2D eigenvalue weighted by atomic mass is 16.2. The van der Waals surface area contributed by atoms with E-state index < -0.39 is 0 Å². The highest BCUT2D eigenvalue weighted by molar-refractivity contribution is 5.75. The summed E-state index contributed by atoms with van der Waals surface area (Å²) in [5.41, 5.74) is 0. The minimum absolute atomic E-state index is 0.0800. The first-order valence-electron chi connectivity index (χ1n) is 8.82. The molecule has 2 fully saturated rings. The molecule has 1 atom stereocenters. The van der Waals surface area contributed by atoms with E-state index in [1.54, 1.807) is 10.9 Å². The van der Waals surface area contributed by atoms with Gasteiger partial charge in [0.05, 0.1) is 0 Å². The second-order valence-corrected chi connectivity index (χ2v) is 6.75. The van der Waals surface area contributed by atoms with E-state index in [9.17, 15) is 4.79 Å². The van der Waals surface area contributed by atoms with Crippen molar-refractivity contribution in [3.8, 4) is 0 Å². The van der Waals surface area contributed by atoms with Crippen molar-refractivity contribution in [2.75, 3.05) is 13.1 Å². The molecule has 2 aliphatic rings. The molecule has 0 spiro atoms. The lowest BCUT2D eigenvalue weighted by atomic mass is 10.00. The van der Waals surface area contributed by atoms with Crippen molar-refractivity contribution in [1.29, 1.82) is 0 Å². The third-order valence-corrected chi connectivity index (χ3v) is 5.02. The van der Waals surface area contributed by atoms with Gasteiger partial charge in [-0.15, -0.1) is 0 Å². The number of hydrogen-bond acceptors (Lipinski definition) is 3. The van der Waals surface area contributed by atoms with Gasteiger partial charge in [0, 0.05) is 31.0 Å². The first-order valence-corrected chi connectivity index (χ1v) is 8.82. The van der Waals surface area contributed by atoms with E-state index >= 15 is 0 Å². The summed E-state index contributed by atoms with van der Waals surface area (Å²) in [5.74, 6) is 0.0800. The zero-order valence-electron chi connectivity index (χ0n) is 13.4. The Bertz CT molecular complexity index is 451. The van der Waals surface area contributed by atoms with Gasteiger partial charge >= 0.3 is 0 Å². The molecule has 0 aromatic carbocycles. The molecule has 0 unspecified atom stereocenters. The van der Waals surface area contributed by atoms with Crippen LogP contribution in [-0.2, 0) is 11.3 Å². The first kappa shape index (κ1) is 15.5. The summed E-state index contributed by atoms with van der Waals surface area (Å²) in [5, 5.41) is 7.29. The highest BCUT2D eigenvalue weighted by Gasteiger charge is 2.27. The Hall–Kier alpha value is -1.36. The fraction of sp³-hybridized carbons (Fsp3) is 0.765. The smallest absolute Gasteiger partial charge is 0.241 e. The average Bonchev–Trinajstić information content (AvgIpc) is 2.87. The van der Waals surface area contributed by atoms with Crippen molar-refractivity contribution in [2.24, 2.45) is 0 Å². The molecule has 5 nitrogen and oxygen atoms in total. The van der Waals surface area contributed by atoms with Crippen molar-refractivity contribution < 1.29 is 4.79 Å². The van der Waals surface area contributed by atoms with Gasteiger partial charge in [0.2, 0.25) is 5.91 Å². The van der Waals surface area contributed by atoms with Crippen molar-refractivity contribution in [2.45, 2.75) is 70.0 Å². The van der Waals surface area contributed by atoms with Crippen molar-refractivity contribution in [1.82, 2.24) is 20.0 Å². The quantitative estimate of drug-likeness (QED) is 0.868. The van der Waals surface area contributed by atoms with Crippen LogP contribution in [0.2, 0.25) is 0 Å². The number of nitrogens with zero attached hydrogens (tertiary/aromatic N) is 3. The van der Waals surface area contributed by atoms with Gasteiger partial charge in [0.1, 0.15) is 6.54 Å². The van der Waals surface area contributed by atoms with Crippen LogP contribution in [0, 0.1) is 0 Å². The van der Waals surface area contributed by atoms with Crippen molar-refractivity contribution in [3.05, 3.63) is 18.5 Å². The van der Waals surface area contributed by atoms with Gasteiger partial charge in [-0.3, -0.25) is 14.4 Å². The molecule has 2 heterocycles. The van der Waals surface area contributed by atoms with Crippen LogP contribution < -0.4 is 5.32 Å². The summed E-state index contributed by atoms with van der Waals surface area (Å²) in [7, 11) is 0. The molecule has 1 saturated heterocycles. The SMILES string of the molecule is O=C(Cn1cccn1)N[C@H]1CCCN(C2CCCCCC2)C1. The molecule has 5 heteroatoms. The maximum Gasteiger partial charge on any atom is 0.241 e. The number of amides is 1. The zero-order chi connectivity index (χ0) is 15.2. The van der Waals surface area contributed by atoms with Gasteiger partial charge in [-0.05, 0) is 38.3 Å². The molecule has 1 aliphatic heterocycles. The third kappa shape index (κ3) is 4.32. The predicted molar refractivity (Wildman–Crippen MR) is 86.5 cm³/mol. The Kier molecular flexibility index (Phi) is 5.48. The fourth-order valence-electron chi connectivity index (χ4n) is 3.89. The highest BCUT2D eigenvalue weighted by Crippen LogP contribution is 2.24. The Morgan fingerprint density at radius 2 is 1.95 bits per heavy atom. The average molecular weight is 304 g/mol. The number of carbonyl (C=O) groups is 1. The molecule has 1 N–H and O–H groups in total. The maximum absolute atomic E-state index is 12.1. The van der Waals surface area contributed by atoms with Gasteiger partial charge in [-0.25, -0.2) is 0 Å². The number of hydrogen-bond donors (Lipinski definition) is 1. The summed E-state index contributed by atoms with van der Waals surface area (Å²) >= 11 is 0. The van der Waals surface area contributed by atoms with Crippen LogP contribution in [0.25, 0.3) is 0 Å². The summed E-state index contributed by atoms with van der Waals surface area (Å²) in [6.07, 6.45) is 14.1. The Balaban J connectivity index is 1.48. The van der Waals surface area contributed by atoms with E-state index in [1.165, 1.54) is 51.5 Å². The van der Waals surface area contributed by atoms with Crippen LogP contribution in [0.15, 0.2) is 18.5 Å². The Morgan fingerprint density at radius 1 is 1.14 bits per heavy atom. The standard InChI is InChI=1S/C17H28N4O/c22-17(14-21-12-6-10-18-21)19-15-7-5-11-20(13-15)16-8-3-1-2-4-9-16/h6,10,12,15-16H,1-5,7-9,11,13-14H2,(H,19,22)/t15-/m0/s1. The molecule has 1 amide bonds. The van der Waals surface area contributed by atoms with Gasteiger partial charge < -0.3 is 5.32 Å². The number of likely N-dealkylation sites (tertiary alicyclic amines) is 1. The van der Waals surface area contributed by atoms with Gasteiger partial charge in [-0.1, -0.05) is 25.7 Å². The molecule has 0 radical (unpaired) electrons. The third-order valence-electron chi connectivity index (χ3n) is 5.02. The Labute approximate surface area is 133 Å². The lowest BCUT2D eigenvalue weighted by Crippen LogP contribution is -2.51. The second-order valence-electron chi connectivity index (χ2n) is 6.75. The van der Waals surface area contributed by atoms with Gasteiger partial charge in [0.15, 0.2) is 0 Å². The zero-order valence-corrected chi connectivity index (χ0v) is 13.4. The predicted octanol–water partition coefficient (Wildman–Crippen LogP) is 2.19. The van der Waals surface area contributed by atoms with E-state index in [0.717, 1.165) is 19.0 Å². The molecular formula is C17H28N4O. The normalized spacial score (nSPS) is 24.8. The van der Waals surface area contributed by atoms with Crippen LogP contribution in [-0.4, -0.2) is 45.8 Å². The molecule has 122 valence electrons. The molecule has 1 saturated carbocycles. The van der Waals surface area contributed by atoms with E-state index in [4.69, 9.17) is 0 Å². The molecular weight excluding hydrogens is 276 g/mol. The van der Waals surface area contributed by atoms with Crippen LogP contribution in [0.3, 0.4) is 0 Å². The number of aromatic nitrogens is 2. The molecule has 22 heavy (non-hydrogen) atoms. The van der Waals surface area contributed by atoms with E-state index in [0.29, 0.717) is 12.6 Å². The summed E-state index contributed by atoms with van der Waals surface area (Å²) < 4.78 is 1.68. The van der Waals surface area contributed by atoms with E-state index in [2.05, 4.69) is 15.3 Å². The first-order chi connectivity index (χ1) is 10.8. The number of piperidine rings is 1. The van der Waals surface area contributed by atoms with Crippen LogP contribution >= 0.6 is 0 Å². The largest absolute Gasteiger partial charge is 0.350 e. The molecule has 1 aromatic rings. The summed E-state index contributed by atoms with van der Waals surface area (Å²) in [6.45, 7) is 2.55. The van der Waals surface area contributed by atoms with Crippen molar-refractivity contribution >= 4 is 5.91 Å². The van der Waals surface area contributed by atoms with E-state index in [-0.39, 0.29) is 5.91 Å². The number of nitrogens with one attached hydrogen (secondary N) is 1. The minimum Gasteiger partial charge on any atom is -0.350 e. The van der Waals surface area contributed by atoms with Crippen LogP contribution in [0.1, 0.15) is 51.4 Å². The summed E-state index contributed by atoms with van der Waals surface area (Å²) in [4.78, 5) is 14.8. The molecule has 1 aliphatic carbocycles. The second kappa shape index (κ2) is 7.77. The summed E-state index contributed by atoms with van der Waals surface area (Å²) in [6, 6.07) is 2.90. The molecule has 1 aromatic heterocycles. The number of carbonyl (C=O) groups excluding carboxylic acids is 1. The van der Waals surface area contributed by atoms with Crippen LogP contribution in [0.5, 0.6) is 0 Å². The van der Waals surface area contributed by atoms with E-state index in [1.807, 2.05) is 12.3 Å². The number of rotatable bonds is 4. The molecule has 3 rings (SSSR count). The van der Waals surface area contributed by atoms with Crippen LogP contribution in [0.4, 0.5) is 0 Å². The Morgan fingerprint density at radius 3 is 2.68 bits per heavy atom. The monoisotopic (exact) mass is 304 g/mol. The fourth-order valence-corrected chi connectivity index (χ4v) is 3.89. The van der Waals surface area contributed by atoms with Crippen molar-refractivity contribution in [3.63, 3.8) is 0 Å². The lowest BCUT2D eigenvalue weighted by Gasteiger charge is -2.38.